The third-order valence-electron chi connectivity index (χ3n) is 4.07. The minimum Gasteiger partial charge on any atom is -0.355 e. The Bertz CT molecular complexity index is 1060. The van der Waals surface area contributed by atoms with E-state index in [1.165, 1.54) is 12.1 Å². The predicted octanol–water partition coefficient (Wildman–Crippen LogP) is 5.62. The van der Waals surface area contributed by atoms with Crippen molar-refractivity contribution in [1.29, 1.82) is 0 Å². The quantitative estimate of drug-likeness (QED) is 0.443. The van der Waals surface area contributed by atoms with E-state index in [4.69, 9.17) is 0 Å². The number of carbonyl (C=O) groups excluding carboxylic acids is 1. The van der Waals surface area contributed by atoms with E-state index < -0.39 is 0 Å². The summed E-state index contributed by atoms with van der Waals surface area (Å²) in [6.07, 6.45) is 0. The zero-order chi connectivity index (χ0) is 17.9. The van der Waals surface area contributed by atoms with E-state index in [1.54, 1.807) is 6.07 Å². The van der Waals surface area contributed by atoms with E-state index in [9.17, 15) is 9.18 Å². The molecule has 0 fully saturated rings. The maximum atomic E-state index is 13.3. The number of para-hydroxylation sites is 1. The molecule has 2 amide bonds. The Balaban J connectivity index is 1.48. The molecule has 128 valence electrons. The number of carbonyl (C=O) groups is 1. The van der Waals surface area contributed by atoms with E-state index in [1.807, 2.05) is 60.7 Å². The fourth-order valence-electron chi connectivity index (χ4n) is 2.81. The van der Waals surface area contributed by atoms with Gasteiger partial charge in [-0.1, -0.05) is 30.3 Å². The van der Waals surface area contributed by atoms with Crippen LogP contribution in [0.3, 0.4) is 0 Å². The van der Waals surface area contributed by atoms with Crippen molar-refractivity contribution in [3.05, 3.63) is 84.7 Å². The Labute approximate surface area is 149 Å². The molecule has 0 saturated heterocycles. The number of fused-ring (bicyclic) bond motifs is 1. The minimum atomic E-state index is -0.301. The van der Waals surface area contributed by atoms with Gasteiger partial charge in [-0.15, -0.1) is 0 Å². The summed E-state index contributed by atoms with van der Waals surface area (Å²) in [6, 6.07) is 23.0. The van der Waals surface area contributed by atoms with Gasteiger partial charge in [0.25, 0.3) is 0 Å². The van der Waals surface area contributed by atoms with E-state index in [0.29, 0.717) is 5.69 Å². The zero-order valence-corrected chi connectivity index (χ0v) is 13.8. The fourth-order valence-corrected chi connectivity index (χ4v) is 2.81. The van der Waals surface area contributed by atoms with Gasteiger partial charge in [-0.3, -0.25) is 0 Å². The van der Waals surface area contributed by atoms with Crippen LogP contribution in [0.5, 0.6) is 0 Å². The summed E-state index contributed by atoms with van der Waals surface area (Å²) in [5.74, 6) is -0.257. The highest BCUT2D eigenvalue weighted by molar-refractivity contribution is 5.99. The van der Waals surface area contributed by atoms with Crippen LogP contribution >= 0.6 is 0 Å². The van der Waals surface area contributed by atoms with Crippen molar-refractivity contribution >= 4 is 28.3 Å². The number of aromatic nitrogens is 1. The third kappa shape index (κ3) is 3.42. The first-order valence-corrected chi connectivity index (χ1v) is 8.19. The molecule has 5 heteroatoms. The molecule has 26 heavy (non-hydrogen) atoms. The highest BCUT2D eigenvalue weighted by atomic mass is 19.1. The average molecular weight is 345 g/mol. The first kappa shape index (κ1) is 15.9. The van der Waals surface area contributed by atoms with Crippen molar-refractivity contribution in [3.8, 4) is 11.3 Å². The lowest BCUT2D eigenvalue weighted by molar-refractivity contribution is 0.262. The van der Waals surface area contributed by atoms with Gasteiger partial charge >= 0.3 is 6.03 Å². The number of urea groups is 1. The third-order valence-corrected chi connectivity index (χ3v) is 4.07. The van der Waals surface area contributed by atoms with Crippen LogP contribution in [-0.2, 0) is 0 Å². The number of amides is 2. The summed E-state index contributed by atoms with van der Waals surface area (Å²) >= 11 is 0. The highest BCUT2D eigenvalue weighted by Crippen LogP contribution is 2.25. The Morgan fingerprint density at radius 1 is 0.808 bits per heavy atom. The van der Waals surface area contributed by atoms with Gasteiger partial charge < -0.3 is 15.6 Å². The van der Waals surface area contributed by atoms with E-state index in [0.717, 1.165) is 27.8 Å². The Morgan fingerprint density at radius 3 is 2.23 bits per heavy atom. The van der Waals surface area contributed by atoms with E-state index in [2.05, 4.69) is 15.6 Å². The minimum absolute atomic E-state index is 0.257. The van der Waals surface area contributed by atoms with Crippen LogP contribution in [0.2, 0.25) is 0 Å². The summed E-state index contributed by atoms with van der Waals surface area (Å²) < 4.78 is 13.3. The molecule has 4 rings (SSSR count). The molecule has 0 aliphatic rings. The average Bonchev–Trinajstić information content (AvgIpc) is 3.06. The van der Waals surface area contributed by atoms with E-state index in [-0.39, 0.29) is 11.8 Å². The molecule has 0 unspecified atom stereocenters. The second-order valence-electron chi connectivity index (χ2n) is 5.94. The monoisotopic (exact) mass is 345 g/mol. The molecule has 1 aromatic heterocycles. The van der Waals surface area contributed by atoms with Gasteiger partial charge in [0.1, 0.15) is 5.82 Å². The topological polar surface area (TPSA) is 56.9 Å². The molecule has 4 nitrogen and oxygen atoms in total. The van der Waals surface area contributed by atoms with Crippen LogP contribution in [0.4, 0.5) is 20.6 Å². The standard InChI is InChI=1S/C21H16FN3O/c22-16-8-11-19-15(12-16)13-20(25-19)14-6-9-18(10-7-14)24-21(26)23-17-4-2-1-3-5-17/h1-13,25H,(H2,23,24,26). The summed E-state index contributed by atoms with van der Waals surface area (Å²) in [5, 5.41) is 6.38. The van der Waals surface area contributed by atoms with Crippen molar-refractivity contribution in [2.75, 3.05) is 10.6 Å². The first-order chi connectivity index (χ1) is 12.7. The molecular formula is C21H16FN3O. The molecule has 0 radical (unpaired) electrons. The number of hydrogen-bond acceptors (Lipinski definition) is 1. The van der Waals surface area contributed by atoms with Crippen molar-refractivity contribution < 1.29 is 9.18 Å². The fraction of sp³-hybridized carbons (Fsp3) is 0. The van der Waals surface area contributed by atoms with Crippen molar-refractivity contribution in [2.45, 2.75) is 0 Å². The van der Waals surface area contributed by atoms with Crippen LogP contribution in [0.1, 0.15) is 0 Å². The maximum Gasteiger partial charge on any atom is 0.323 e. The number of anilines is 2. The molecule has 0 spiro atoms. The van der Waals surface area contributed by atoms with Crippen molar-refractivity contribution in [2.24, 2.45) is 0 Å². The molecule has 0 aliphatic heterocycles. The van der Waals surface area contributed by atoms with Gasteiger partial charge in [0.15, 0.2) is 0 Å². The summed E-state index contributed by atoms with van der Waals surface area (Å²) in [4.78, 5) is 15.3. The van der Waals surface area contributed by atoms with Crippen molar-refractivity contribution in [3.63, 3.8) is 0 Å². The smallest absolute Gasteiger partial charge is 0.323 e. The summed E-state index contributed by atoms with van der Waals surface area (Å²) in [7, 11) is 0. The molecule has 4 aromatic rings. The van der Waals surface area contributed by atoms with Gasteiger partial charge in [0.2, 0.25) is 0 Å². The molecule has 3 aromatic carbocycles. The van der Waals surface area contributed by atoms with Crippen LogP contribution in [0.25, 0.3) is 22.2 Å². The molecule has 0 atom stereocenters. The molecule has 0 bridgehead atoms. The first-order valence-electron chi connectivity index (χ1n) is 8.19. The van der Waals surface area contributed by atoms with Crippen LogP contribution in [0.15, 0.2) is 78.9 Å². The lowest BCUT2D eigenvalue weighted by atomic mass is 10.1. The van der Waals surface area contributed by atoms with Gasteiger partial charge in [-0.25, -0.2) is 9.18 Å². The SMILES string of the molecule is O=C(Nc1ccccc1)Nc1ccc(-c2cc3cc(F)ccc3[nH]2)cc1. The zero-order valence-electron chi connectivity index (χ0n) is 13.8. The summed E-state index contributed by atoms with van der Waals surface area (Å²) in [5.41, 5.74) is 4.14. The molecule has 0 saturated carbocycles. The lowest BCUT2D eigenvalue weighted by Crippen LogP contribution is -2.19. The predicted molar refractivity (Wildman–Crippen MR) is 103 cm³/mol. The van der Waals surface area contributed by atoms with Crippen LogP contribution < -0.4 is 10.6 Å². The lowest BCUT2D eigenvalue weighted by Gasteiger charge is -2.08. The second kappa shape index (κ2) is 6.72. The normalized spacial score (nSPS) is 10.7. The number of rotatable bonds is 3. The number of benzene rings is 3. The van der Waals surface area contributed by atoms with E-state index >= 15 is 0 Å². The van der Waals surface area contributed by atoms with Crippen molar-refractivity contribution in [1.82, 2.24) is 4.98 Å². The van der Waals surface area contributed by atoms with Gasteiger partial charge in [-0.05, 0) is 54.1 Å². The number of H-pyrrole nitrogens is 1. The number of halogens is 1. The Morgan fingerprint density at radius 2 is 1.50 bits per heavy atom. The Hall–Kier alpha value is -3.60. The summed E-state index contributed by atoms with van der Waals surface area (Å²) in [6.45, 7) is 0. The Kier molecular flexibility index (Phi) is 4.11. The molecule has 1 heterocycles. The molecule has 0 aliphatic carbocycles. The van der Waals surface area contributed by atoms with Crippen LogP contribution in [-0.4, -0.2) is 11.0 Å². The van der Waals surface area contributed by atoms with Gasteiger partial charge in [0.05, 0.1) is 0 Å². The second-order valence-corrected chi connectivity index (χ2v) is 5.94. The van der Waals surface area contributed by atoms with Gasteiger partial charge in [-0.2, -0.15) is 0 Å². The molecular weight excluding hydrogens is 329 g/mol. The number of hydrogen-bond donors (Lipinski definition) is 3. The largest absolute Gasteiger partial charge is 0.355 e. The number of aromatic amines is 1. The molecule has 3 N–H and O–H groups in total. The van der Waals surface area contributed by atoms with Gasteiger partial charge in [0, 0.05) is 28.0 Å². The maximum absolute atomic E-state index is 13.3. The van der Waals surface area contributed by atoms with Crippen LogP contribution in [0, 0.1) is 5.82 Å². The number of nitrogens with one attached hydrogen (secondary N) is 3. The highest BCUT2D eigenvalue weighted by Gasteiger charge is 2.06.